The largest absolute Gasteiger partial charge is 0.416 e. The van der Waals surface area contributed by atoms with Gasteiger partial charge in [-0.3, -0.25) is 9.69 Å². The van der Waals surface area contributed by atoms with Crippen LogP contribution in [0.15, 0.2) is 36.7 Å². The first-order valence-corrected chi connectivity index (χ1v) is 9.67. The Labute approximate surface area is 182 Å². The highest BCUT2D eigenvalue weighted by atomic mass is 19.4. The summed E-state index contributed by atoms with van der Waals surface area (Å²) in [6, 6.07) is 5.74. The highest BCUT2D eigenvalue weighted by molar-refractivity contribution is 5.99. The highest BCUT2D eigenvalue weighted by Gasteiger charge is 2.44. The second kappa shape index (κ2) is 8.45. The van der Waals surface area contributed by atoms with Gasteiger partial charge in [-0.2, -0.15) is 18.4 Å². The van der Waals surface area contributed by atoms with Gasteiger partial charge in [0.05, 0.1) is 23.5 Å². The van der Waals surface area contributed by atoms with Crippen LogP contribution in [0.2, 0.25) is 0 Å². The average molecular weight is 446 g/mol. The van der Waals surface area contributed by atoms with Gasteiger partial charge in [0.1, 0.15) is 24.1 Å². The third-order valence-corrected chi connectivity index (χ3v) is 5.05. The van der Waals surface area contributed by atoms with Crippen LogP contribution in [0.4, 0.5) is 29.5 Å². The van der Waals surface area contributed by atoms with Gasteiger partial charge in [0.25, 0.3) is 0 Å². The molecule has 3 rings (SSSR count). The molecule has 0 spiro atoms. The number of carbonyl (C=O) groups excluding carboxylic acids is 2. The number of hydrogen-bond acceptors (Lipinski definition) is 5. The van der Waals surface area contributed by atoms with Crippen molar-refractivity contribution in [3.05, 3.63) is 47.9 Å². The molecule has 0 unspecified atom stereocenters. The molecule has 3 heterocycles. The van der Waals surface area contributed by atoms with Gasteiger partial charge in [-0.25, -0.2) is 14.8 Å². The molecule has 8 nitrogen and oxygen atoms in total. The van der Waals surface area contributed by atoms with E-state index in [2.05, 4.69) is 15.3 Å². The lowest BCUT2D eigenvalue weighted by atomic mass is 9.86. The maximum absolute atomic E-state index is 13.1. The summed E-state index contributed by atoms with van der Waals surface area (Å²) in [4.78, 5) is 36.3. The second-order valence-electron chi connectivity index (χ2n) is 8.39. The van der Waals surface area contributed by atoms with Gasteiger partial charge < -0.3 is 10.2 Å². The number of alkyl halides is 3. The van der Waals surface area contributed by atoms with Crippen molar-refractivity contribution < 1.29 is 22.8 Å². The number of anilines is 2. The van der Waals surface area contributed by atoms with Gasteiger partial charge in [0, 0.05) is 12.7 Å². The normalized spacial score (nSPS) is 16.8. The number of rotatable bonds is 4. The second-order valence-corrected chi connectivity index (χ2v) is 8.39. The summed E-state index contributed by atoms with van der Waals surface area (Å²) in [7, 11) is 0. The van der Waals surface area contributed by atoms with Crippen molar-refractivity contribution in [1.82, 2.24) is 14.9 Å². The van der Waals surface area contributed by atoms with Crippen LogP contribution in [0.3, 0.4) is 0 Å². The van der Waals surface area contributed by atoms with Gasteiger partial charge in [-0.1, -0.05) is 20.8 Å². The van der Waals surface area contributed by atoms with E-state index in [-0.39, 0.29) is 36.1 Å². The molecule has 1 saturated heterocycles. The van der Waals surface area contributed by atoms with E-state index in [4.69, 9.17) is 5.26 Å². The van der Waals surface area contributed by atoms with Crippen molar-refractivity contribution in [2.45, 2.75) is 33.0 Å². The van der Waals surface area contributed by atoms with Crippen LogP contribution in [0.5, 0.6) is 0 Å². The SMILES string of the molecule is CC(C)(C)[C@H]1CN(c2ccc(C#N)nc2)C(=O)N1CC(=O)Nc1cc(C(F)(F)F)ccn1. The van der Waals surface area contributed by atoms with E-state index in [1.807, 2.05) is 26.8 Å². The van der Waals surface area contributed by atoms with Crippen LogP contribution in [-0.4, -0.2) is 45.9 Å². The Morgan fingerprint density at radius 3 is 2.53 bits per heavy atom. The van der Waals surface area contributed by atoms with Crippen LogP contribution >= 0.6 is 0 Å². The van der Waals surface area contributed by atoms with Crippen molar-refractivity contribution in [1.29, 1.82) is 5.26 Å². The number of amides is 3. The van der Waals surface area contributed by atoms with Gasteiger partial charge in [-0.05, 0) is 29.7 Å². The fourth-order valence-electron chi connectivity index (χ4n) is 3.40. The number of nitriles is 1. The van der Waals surface area contributed by atoms with Gasteiger partial charge in [0.15, 0.2) is 0 Å². The quantitative estimate of drug-likeness (QED) is 0.772. The number of halogens is 3. The monoisotopic (exact) mass is 446 g/mol. The van der Waals surface area contributed by atoms with Crippen LogP contribution in [0.25, 0.3) is 0 Å². The average Bonchev–Trinajstić information content (AvgIpc) is 3.04. The first-order valence-electron chi connectivity index (χ1n) is 9.67. The number of carbonyl (C=O) groups is 2. The third-order valence-electron chi connectivity index (χ3n) is 5.05. The van der Waals surface area contributed by atoms with Crippen molar-refractivity contribution in [3.63, 3.8) is 0 Å². The zero-order chi connectivity index (χ0) is 23.7. The summed E-state index contributed by atoms with van der Waals surface area (Å²) in [6.07, 6.45) is -2.20. The van der Waals surface area contributed by atoms with Crippen LogP contribution in [0, 0.1) is 16.7 Å². The van der Waals surface area contributed by atoms with Crippen molar-refractivity contribution in [3.8, 4) is 6.07 Å². The number of pyridine rings is 2. The molecule has 0 aliphatic carbocycles. The van der Waals surface area contributed by atoms with Crippen LogP contribution < -0.4 is 10.2 Å². The Morgan fingerprint density at radius 2 is 1.97 bits per heavy atom. The molecular weight excluding hydrogens is 425 g/mol. The molecule has 0 bridgehead atoms. The molecular formula is C21H21F3N6O2. The topological polar surface area (TPSA) is 102 Å². The molecule has 3 amide bonds. The molecule has 1 fully saturated rings. The first kappa shape index (κ1) is 23.0. The lowest BCUT2D eigenvalue weighted by Gasteiger charge is -2.33. The first-order chi connectivity index (χ1) is 14.9. The molecule has 1 atom stereocenters. The molecule has 1 aliphatic rings. The number of hydrogen-bond donors (Lipinski definition) is 1. The van der Waals surface area contributed by atoms with Crippen LogP contribution in [-0.2, 0) is 11.0 Å². The molecule has 11 heteroatoms. The maximum atomic E-state index is 13.1. The fraction of sp³-hybridized carbons (Fsp3) is 0.381. The van der Waals surface area contributed by atoms with E-state index >= 15 is 0 Å². The fourth-order valence-corrected chi connectivity index (χ4v) is 3.40. The molecule has 1 aliphatic heterocycles. The van der Waals surface area contributed by atoms with E-state index in [9.17, 15) is 22.8 Å². The Hall–Kier alpha value is -3.68. The van der Waals surface area contributed by atoms with E-state index < -0.39 is 23.7 Å². The molecule has 168 valence electrons. The summed E-state index contributed by atoms with van der Waals surface area (Å²) >= 11 is 0. The predicted molar refractivity (Wildman–Crippen MR) is 110 cm³/mol. The van der Waals surface area contributed by atoms with Crippen LogP contribution in [0.1, 0.15) is 32.0 Å². The third kappa shape index (κ3) is 4.96. The number of aromatic nitrogens is 2. The zero-order valence-corrected chi connectivity index (χ0v) is 17.6. The molecule has 32 heavy (non-hydrogen) atoms. The molecule has 0 aromatic carbocycles. The predicted octanol–water partition coefficient (Wildman–Crippen LogP) is 3.66. The molecule has 1 N–H and O–H groups in total. The molecule has 0 saturated carbocycles. The Morgan fingerprint density at radius 1 is 1.25 bits per heavy atom. The lowest BCUT2D eigenvalue weighted by molar-refractivity contribution is -0.137. The summed E-state index contributed by atoms with van der Waals surface area (Å²) in [5.41, 5.74) is -0.644. The van der Waals surface area contributed by atoms with Crippen molar-refractivity contribution in [2.75, 3.05) is 23.3 Å². The number of urea groups is 1. The minimum Gasteiger partial charge on any atom is -0.310 e. The Balaban J connectivity index is 1.79. The minimum absolute atomic E-state index is 0.206. The van der Waals surface area contributed by atoms with E-state index in [1.54, 1.807) is 6.07 Å². The van der Waals surface area contributed by atoms with Gasteiger partial charge >= 0.3 is 12.2 Å². The number of nitrogens with zero attached hydrogens (tertiary/aromatic N) is 5. The van der Waals surface area contributed by atoms with Gasteiger partial charge in [-0.15, -0.1) is 0 Å². The molecule has 2 aromatic rings. The number of nitrogens with one attached hydrogen (secondary N) is 1. The Bertz CT molecular complexity index is 1060. The van der Waals surface area contributed by atoms with E-state index in [1.165, 1.54) is 22.1 Å². The minimum atomic E-state index is -4.57. The summed E-state index contributed by atoms with van der Waals surface area (Å²) in [5.74, 6) is -0.920. The van der Waals surface area contributed by atoms with Gasteiger partial charge in [0.2, 0.25) is 5.91 Å². The zero-order valence-electron chi connectivity index (χ0n) is 17.6. The molecule has 2 aromatic heterocycles. The van der Waals surface area contributed by atoms with Crippen molar-refractivity contribution >= 4 is 23.4 Å². The van der Waals surface area contributed by atoms with Crippen molar-refractivity contribution in [2.24, 2.45) is 5.41 Å². The maximum Gasteiger partial charge on any atom is 0.416 e. The lowest BCUT2D eigenvalue weighted by Crippen LogP contribution is -2.46. The smallest absolute Gasteiger partial charge is 0.310 e. The summed E-state index contributed by atoms with van der Waals surface area (Å²) in [6.45, 7) is 5.68. The van der Waals surface area contributed by atoms with E-state index in [0.29, 0.717) is 5.69 Å². The Kier molecular flexibility index (Phi) is 6.07. The highest BCUT2D eigenvalue weighted by Crippen LogP contribution is 2.33. The molecule has 0 radical (unpaired) electrons. The van der Waals surface area contributed by atoms with E-state index in [0.717, 1.165) is 18.3 Å². The summed E-state index contributed by atoms with van der Waals surface area (Å²) in [5, 5.41) is 11.2. The summed E-state index contributed by atoms with van der Waals surface area (Å²) < 4.78 is 38.7. The standard InChI is InChI=1S/C21H21F3N6O2/c1-20(2,3)16-11-29(15-5-4-14(9-25)27-10-15)19(32)30(16)12-18(31)28-17-8-13(6-7-26-17)21(22,23)24/h4-8,10,16H,11-12H2,1-3H3,(H,26,28,31)/t16-/m1/s1.